The molecule has 0 aliphatic heterocycles. The van der Waals surface area contributed by atoms with E-state index in [2.05, 4.69) is 15.5 Å². The van der Waals surface area contributed by atoms with Crippen molar-refractivity contribution in [3.8, 4) is 0 Å². The van der Waals surface area contributed by atoms with Crippen molar-refractivity contribution in [2.75, 3.05) is 6.16 Å². The van der Waals surface area contributed by atoms with Crippen molar-refractivity contribution >= 4 is 22.8 Å². The van der Waals surface area contributed by atoms with E-state index in [4.69, 9.17) is 5.11 Å². The lowest BCUT2D eigenvalue weighted by atomic mass is 10.1. The van der Waals surface area contributed by atoms with E-state index < -0.39 is 5.60 Å². The smallest absolute Gasteiger partial charge is 0.0595 e. The maximum Gasteiger partial charge on any atom is 0.0595 e. The minimum Gasteiger partial charge on any atom is -0.390 e. The molecule has 0 saturated carbocycles. The molecule has 8 heavy (non-hydrogen) atoms. The zero-order valence-electron chi connectivity index (χ0n) is 5.24. The summed E-state index contributed by atoms with van der Waals surface area (Å²) < 4.78 is 0. The van der Waals surface area contributed by atoms with E-state index in [1.54, 1.807) is 0 Å². The van der Waals surface area contributed by atoms with E-state index in [0.29, 0.717) is 0 Å². The fourth-order valence-corrected chi connectivity index (χ4v) is 1.65. The van der Waals surface area contributed by atoms with Crippen LogP contribution in [0.15, 0.2) is 0 Å². The van der Waals surface area contributed by atoms with Crippen LogP contribution in [-0.4, -0.2) is 16.9 Å². The average Bonchev–Trinajstić information content (AvgIpc) is 1.59. The minimum atomic E-state index is -0.471. The number of hydrogen-bond acceptors (Lipinski definition) is 1. The molecule has 1 nitrogen and oxygen atoms in total. The summed E-state index contributed by atoms with van der Waals surface area (Å²) in [5.41, 5.74) is -0.471. The Balaban J connectivity index is 3.11. The molecule has 0 saturated heterocycles. The van der Waals surface area contributed by atoms with E-state index in [1.165, 1.54) is 0 Å². The quantitative estimate of drug-likeness (QED) is 0.690. The molecule has 1 N–H and O–H groups in total. The molecular formula is C5H12BrOP. The van der Waals surface area contributed by atoms with Gasteiger partial charge in [-0.3, -0.25) is 0 Å². The number of rotatable bonds is 3. The van der Waals surface area contributed by atoms with E-state index in [9.17, 15) is 0 Å². The molecule has 0 rings (SSSR count). The van der Waals surface area contributed by atoms with Gasteiger partial charge in [0.25, 0.3) is 0 Å². The highest BCUT2D eigenvalue weighted by molar-refractivity contribution is 9.36. The van der Waals surface area contributed by atoms with Crippen LogP contribution in [0.1, 0.15) is 20.3 Å². The first-order chi connectivity index (χ1) is 3.56. The SMILES string of the molecule is CC(C)(O)CCPBr. The molecule has 1 atom stereocenters. The Morgan fingerprint density at radius 2 is 2.12 bits per heavy atom. The molecule has 0 heterocycles. The molecule has 50 valence electrons. The van der Waals surface area contributed by atoms with Gasteiger partial charge in [-0.2, -0.15) is 0 Å². The summed E-state index contributed by atoms with van der Waals surface area (Å²) in [5.74, 6) is 0. The van der Waals surface area contributed by atoms with Gasteiger partial charge in [0.05, 0.1) is 5.60 Å². The standard InChI is InChI=1S/C5H12BrOP/c1-5(2,7)3-4-8-6/h7-8H,3-4H2,1-2H3. The zero-order valence-corrected chi connectivity index (χ0v) is 7.83. The lowest BCUT2D eigenvalue weighted by Gasteiger charge is -2.14. The van der Waals surface area contributed by atoms with Gasteiger partial charge >= 0.3 is 0 Å². The first-order valence-electron chi connectivity index (χ1n) is 2.62. The number of aliphatic hydroxyl groups is 1. The second-order valence-corrected chi connectivity index (χ2v) is 4.90. The normalized spacial score (nSPS) is 13.5. The van der Waals surface area contributed by atoms with Gasteiger partial charge in [-0.05, 0) is 26.4 Å². The molecule has 0 aliphatic carbocycles. The predicted molar refractivity (Wildman–Crippen MR) is 43.0 cm³/mol. The van der Waals surface area contributed by atoms with Crippen LogP contribution in [0.25, 0.3) is 0 Å². The highest BCUT2D eigenvalue weighted by Crippen LogP contribution is 2.23. The van der Waals surface area contributed by atoms with Gasteiger partial charge in [-0.1, -0.05) is 22.8 Å². The Labute approximate surface area is 60.4 Å². The third-order valence-corrected chi connectivity index (χ3v) is 2.46. The van der Waals surface area contributed by atoms with E-state index >= 15 is 0 Å². The summed E-state index contributed by atoms with van der Waals surface area (Å²) in [6, 6.07) is 0. The fourth-order valence-electron chi connectivity index (χ4n) is 0.353. The van der Waals surface area contributed by atoms with Crippen LogP contribution in [0.2, 0.25) is 0 Å². The van der Waals surface area contributed by atoms with Gasteiger partial charge in [0.2, 0.25) is 0 Å². The lowest BCUT2D eigenvalue weighted by molar-refractivity contribution is 0.0777. The molecular weight excluding hydrogens is 187 g/mol. The van der Waals surface area contributed by atoms with Crippen LogP contribution in [0.4, 0.5) is 0 Å². The zero-order chi connectivity index (χ0) is 6.62. The van der Waals surface area contributed by atoms with Crippen LogP contribution in [0.3, 0.4) is 0 Å². The van der Waals surface area contributed by atoms with Gasteiger partial charge in [0.15, 0.2) is 0 Å². The minimum absolute atomic E-state index is 0.471. The van der Waals surface area contributed by atoms with Crippen molar-refractivity contribution in [1.29, 1.82) is 0 Å². The molecule has 0 fully saturated rings. The van der Waals surface area contributed by atoms with Gasteiger partial charge in [-0.25, -0.2) is 0 Å². The molecule has 0 aliphatic rings. The Morgan fingerprint density at radius 3 is 2.25 bits per heavy atom. The van der Waals surface area contributed by atoms with Crippen LogP contribution in [0.5, 0.6) is 0 Å². The molecule has 0 spiro atoms. The third-order valence-electron chi connectivity index (χ3n) is 0.831. The second-order valence-electron chi connectivity index (χ2n) is 2.45. The van der Waals surface area contributed by atoms with Crippen LogP contribution in [-0.2, 0) is 0 Å². The second kappa shape index (κ2) is 3.81. The van der Waals surface area contributed by atoms with Crippen molar-refractivity contribution in [2.45, 2.75) is 25.9 Å². The molecule has 0 radical (unpaired) electrons. The summed E-state index contributed by atoms with van der Waals surface area (Å²) in [6.45, 7) is 3.67. The van der Waals surface area contributed by atoms with Gasteiger partial charge in [-0.15, -0.1) is 0 Å². The molecule has 1 unspecified atom stereocenters. The van der Waals surface area contributed by atoms with E-state index in [-0.39, 0.29) is 0 Å². The molecule has 0 amide bonds. The average molecular weight is 199 g/mol. The Hall–Kier alpha value is 0.870. The summed E-state index contributed by atoms with van der Waals surface area (Å²) in [4.78, 5) is 0. The van der Waals surface area contributed by atoms with E-state index in [1.807, 2.05) is 13.8 Å². The topological polar surface area (TPSA) is 20.2 Å². The fraction of sp³-hybridized carbons (Fsp3) is 1.00. The first kappa shape index (κ1) is 8.87. The molecule has 0 aromatic rings. The van der Waals surface area contributed by atoms with Crippen LogP contribution < -0.4 is 0 Å². The van der Waals surface area contributed by atoms with Gasteiger partial charge < -0.3 is 5.11 Å². The summed E-state index contributed by atoms with van der Waals surface area (Å²) in [5, 5.41) is 9.13. The van der Waals surface area contributed by atoms with E-state index in [0.717, 1.165) is 19.9 Å². The molecule has 0 aromatic carbocycles. The highest BCUT2D eigenvalue weighted by Gasteiger charge is 2.09. The number of halogens is 1. The first-order valence-corrected chi connectivity index (χ1v) is 6.08. The summed E-state index contributed by atoms with van der Waals surface area (Å²) >= 11 is 3.32. The largest absolute Gasteiger partial charge is 0.390 e. The van der Waals surface area contributed by atoms with Crippen molar-refractivity contribution < 1.29 is 5.11 Å². The Morgan fingerprint density at radius 1 is 1.62 bits per heavy atom. The van der Waals surface area contributed by atoms with Gasteiger partial charge in [0.1, 0.15) is 0 Å². The predicted octanol–water partition coefficient (Wildman–Crippen LogP) is 2.14. The summed E-state index contributed by atoms with van der Waals surface area (Å²) in [7, 11) is 0.784. The Bertz CT molecular complexity index is 59.9. The Kier molecular flexibility index (Phi) is 4.23. The lowest BCUT2D eigenvalue weighted by Crippen LogP contribution is -2.18. The molecule has 0 bridgehead atoms. The third kappa shape index (κ3) is 6.87. The number of hydrogen-bond donors (Lipinski definition) is 1. The van der Waals surface area contributed by atoms with Crippen molar-refractivity contribution in [3.63, 3.8) is 0 Å². The van der Waals surface area contributed by atoms with Crippen molar-refractivity contribution in [2.24, 2.45) is 0 Å². The monoisotopic (exact) mass is 198 g/mol. The highest BCUT2D eigenvalue weighted by atomic mass is 79.9. The molecule has 3 heteroatoms. The van der Waals surface area contributed by atoms with Crippen LogP contribution in [0, 0.1) is 0 Å². The van der Waals surface area contributed by atoms with Crippen molar-refractivity contribution in [1.82, 2.24) is 0 Å². The maximum absolute atomic E-state index is 9.13. The molecule has 0 aromatic heterocycles. The van der Waals surface area contributed by atoms with Crippen LogP contribution >= 0.6 is 22.8 Å². The maximum atomic E-state index is 9.13. The summed E-state index contributed by atoms with van der Waals surface area (Å²) in [6.07, 6.45) is 1.96. The van der Waals surface area contributed by atoms with Gasteiger partial charge in [0, 0.05) is 0 Å². The van der Waals surface area contributed by atoms with Crippen molar-refractivity contribution in [3.05, 3.63) is 0 Å².